The normalized spacial score (nSPS) is 11.8. The summed E-state index contributed by atoms with van der Waals surface area (Å²) in [7, 11) is 0. The van der Waals surface area contributed by atoms with Crippen LogP contribution in [0, 0.1) is 0 Å². The number of fused-ring (bicyclic) bond motifs is 1. The number of aromatic nitrogens is 2. The molecule has 3 rings (SSSR count). The highest BCUT2D eigenvalue weighted by molar-refractivity contribution is 7.16. The van der Waals surface area contributed by atoms with Crippen LogP contribution in [0.3, 0.4) is 0 Å². The molecule has 0 saturated carbocycles. The molecule has 3 aromatic rings. The molecule has 0 fully saturated rings. The Hall–Kier alpha value is -2.67. The largest absolute Gasteiger partial charge is 0.508 e. The van der Waals surface area contributed by atoms with E-state index >= 15 is 0 Å². The smallest absolute Gasteiger partial charge is 0.158 e. The Morgan fingerprint density at radius 1 is 1.24 bits per heavy atom. The molecular formula is C14H12N4O2S. The topological polar surface area (TPSA) is 90.6 Å². The van der Waals surface area contributed by atoms with Crippen LogP contribution in [0.15, 0.2) is 41.1 Å². The molecule has 0 spiro atoms. The number of nitrogens with zero attached hydrogens (tertiary/aromatic N) is 3. The molecule has 0 aliphatic carbocycles. The second-order valence-electron chi connectivity index (χ2n) is 4.37. The molecule has 1 aromatic carbocycles. The second-order valence-corrected chi connectivity index (χ2v) is 5.27. The third kappa shape index (κ3) is 2.63. The summed E-state index contributed by atoms with van der Waals surface area (Å²) < 4.78 is 0. The van der Waals surface area contributed by atoms with Crippen LogP contribution < -0.4 is 5.43 Å². The SMILES string of the molecule is C/C(=N/Nc1ncnc2sccc12)c1cc(O)ccc1O. The van der Waals surface area contributed by atoms with E-state index in [1.165, 1.54) is 35.9 Å². The minimum atomic E-state index is 0.0548. The summed E-state index contributed by atoms with van der Waals surface area (Å²) in [5, 5.41) is 26.3. The van der Waals surface area contributed by atoms with E-state index in [1.807, 2.05) is 11.4 Å². The number of nitrogens with one attached hydrogen (secondary N) is 1. The molecule has 0 aliphatic heterocycles. The fourth-order valence-corrected chi connectivity index (χ4v) is 2.62. The summed E-state index contributed by atoms with van der Waals surface area (Å²) in [5.74, 6) is 0.721. The van der Waals surface area contributed by atoms with Crippen LogP contribution >= 0.6 is 11.3 Å². The minimum absolute atomic E-state index is 0.0548. The first-order valence-corrected chi connectivity index (χ1v) is 7.04. The summed E-state index contributed by atoms with van der Waals surface area (Å²) in [6, 6.07) is 6.21. The molecule has 0 saturated heterocycles. The zero-order chi connectivity index (χ0) is 14.8. The minimum Gasteiger partial charge on any atom is -0.508 e. The molecule has 0 unspecified atom stereocenters. The highest BCUT2D eigenvalue weighted by atomic mass is 32.1. The van der Waals surface area contributed by atoms with Gasteiger partial charge in [-0.1, -0.05) is 0 Å². The molecule has 3 N–H and O–H groups in total. The zero-order valence-electron chi connectivity index (χ0n) is 11.1. The van der Waals surface area contributed by atoms with Crippen molar-refractivity contribution in [2.45, 2.75) is 6.92 Å². The highest BCUT2D eigenvalue weighted by Gasteiger charge is 2.07. The van der Waals surface area contributed by atoms with Crippen molar-refractivity contribution in [2.24, 2.45) is 5.10 Å². The predicted octanol–water partition coefficient (Wildman–Crippen LogP) is 2.94. The molecule has 7 heteroatoms. The molecule has 2 heterocycles. The van der Waals surface area contributed by atoms with Gasteiger partial charge in [-0.3, -0.25) is 5.43 Å². The standard InChI is InChI=1S/C14H12N4O2S/c1-8(11-6-9(19)2-3-12(11)20)17-18-13-10-4-5-21-14(10)16-7-15-13/h2-7,19-20H,1H3,(H,15,16,18)/b17-8-. The van der Waals surface area contributed by atoms with E-state index in [2.05, 4.69) is 20.5 Å². The van der Waals surface area contributed by atoms with Crippen LogP contribution in [0.2, 0.25) is 0 Å². The van der Waals surface area contributed by atoms with E-state index in [0.717, 1.165) is 10.2 Å². The second kappa shape index (κ2) is 5.37. The van der Waals surface area contributed by atoms with Gasteiger partial charge in [0.2, 0.25) is 0 Å². The molecule has 6 nitrogen and oxygen atoms in total. The van der Waals surface area contributed by atoms with Gasteiger partial charge in [-0.25, -0.2) is 9.97 Å². The van der Waals surface area contributed by atoms with Gasteiger partial charge in [-0.05, 0) is 36.6 Å². The monoisotopic (exact) mass is 300 g/mol. The Labute approximate surface area is 124 Å². The molecule has 0 atom stereocenters. The molecule has 106 valence electrons. The summed E-state index contributed by atoms with van der Waals surface area (Å²) in [5.41, 5.74) is 3.86. The summed E-state index contributed by atoms with van der Waals surface area (Å²) >= 11 is 1.52. The molecule has 0 amide bonds. The van der Waals surface area contributed by atoms with Gasteiger partial charge >= 0.3 is 0 Å². The Bertz CT molecular complexity index is 829. The Morgan fingerprint density at radius 2 is 2.10 bits per heavy atom. The first kappa shape index (κ1) is 13.3. The van der Waals surface area contributed by atoms with E-state index in [-0.39, 0.29) is 11.5 Å². The molecule has 0 aliphatic rings. The third-order valence-electron chi connectivity index (χ3n) is 2.96. The predicted molar refractivity (Wildman–Crippen MR) is 83.0 cm³/mol. The first-order valence-electron chi connectivity index (χ1n) is 6.16. The van der Waals surface area contributed by atoms with E-state index in [9.17, 15) is 10.2 Å². The van der Waals surface area contributed by atoms with Crippen LogP contribution in [-0.4, -0.2) is 25.9 Å². The van der Waals surface area contributed by atoms with Crippen molar-refractivity contribution in [2.75, 3.05) is 5.43 Å². The van der Waals surface area contributed by atoms with Crippen LogP contribution in [0.1, 0.15) is 12.5 Å². The van der Waals surface area contributed by atoms with Gasteiger partial charge in [0.15, 0.2) is 5.82 Å². The average Bonchev–Trinajstić information content (AvgIpc) is 2.96. The number of hydrogen-bond donors (Lipinski definition) is 3. The Balaban J connectivity index is 1.92. The van der Waals surface area contributed by atoms with Crippen molar-refractivity contribution >= 4 is 33.1 Å². The van der Waals surface area contributed by atoms with Crippen LogP contribution in [0.5, 0.6) is 11.5 Å². The lowest BCUT2D eigenvalue weighted by Crippen LogP contribution is -2.01. The number of phenols is 2. The van der Waals surface area contributed by atoms with Crippen molar-refractivity contribution in [3.8, 4) is 11.5 Å². The van der Waals surface area contributed by atoms with E-state index in [4.69, 9.17) is 0 Å². The van der Waals surface area contributed by atoms with Crippen molar-refractivity contribution < 1.29 is 10.2 Å². The number of aromatic hydroxyl groups is 2. The maximum atomic E-state index is 9.80. The van der Waals surface area contributed by atoms with Crippen molar-refractivity contribution in [3.05, 3.63) is 41.5 Å². The quantitative estimate of drug-likeness (QED) is 0.393. The van der Waals surface area contributed by atoms with Gasteiger partial charge in [0, 0.05) is 5.56 Å². The van der Waals surface area contributed by atoms with Gasteiger partial charge in [0.25, 0.3) is 0 Å². The van der Waals surface area contributed by atoms with Gasteiger partial charge in [0.1, 0.15) is 22.7 Å². The maximum absolute atomic E-state index is 9.80. The Morgan fingerprint density at radius 3 is 2.95 bits per heavy atom. The van der Waals surface area contributed by atoms with Crippen molar-refractivity contribution in [3.63, 3.8) is 0 Å². The number of anilines is 1. The molecular weight excluding hydrogens is 288 g/mol. The number of hydrogen-bond acceptors (Lipinski definition) is 7. The summed E-state index contributed by atoms with van der Waals surface area (Å²) in [6.07, 6.45) is 1.47. The van der Waals surface area contributed by atoms with E-state index < -0.39 is 0 Å². The fourth-order valence-electron chi connectivity index (χ4n) is 1.89. The van der Waals surface area contributed by atoms with Gasteiger partial charge < -0.3 is 10.2 Å². The van der Waals surface area contributed by atoms with Gasteiger partial charge in [-0.15, -0.1) is 11.3 Å². The first-order chi connectivity index (χ1) is 10.1. The summed E-state index contributed by atoms with van der Waals surface area (Å²) in [4.78, 5) is 9.18. The van der Waals surface area contributed by atoms with E-state index in [0.29, 0.717) is 17.1 Å². The summed E-state index contributed by atoms with van der Waals surface area (Å²) in [6.45, 7) is 1.73. The molecule has 2 aromatic heterocycles. The maximum Gasteiger partial charge on any atom is 0.158 e. The highest BCUT2D eigenvalue weighted by Crippen LogP contribution is 2.25. The zero-order valence-corrected chi connectivity index (χ0v) is 11.9. The number of thiophene rings is 1. The van der Waals surface area contributed by atoms with Crippen LogP contribution in [-0.2, 0) is 0 Å². The third-order valence-corrected chi connectivity index (χ3v) is 3.78. The molecule has 21 heavy (non-hydrogen) atoms. The number of benzene rings is 1. The molecule has 0 bridgehead atoms. The lowest BCUT2D eigenvalue weighted by molar-refractivity contribution is 0.459. The van der Waals surface area contributed by atoms with Crippen LogP contribution in [0.25, 0.3) is 10.2 Å². The lowest BCUT2D eigenvalue weighted by atomic mass is 10.1. The van der Waals surface area contributed by atoms with Crippen LogP contribution in [0.4, 0.5) is 5.82 Å². The fraction of sp³-hybridized carbons (Fsp3) is 0.0714. The van der Waals surface area contributed by atoms with E-state index in [1.54, 1.807) is 6.92 Å². The Kier molecular flexibility index (Phi) is 3.41. The lowest BCUT2D eigenvalue weighted by Gasteiger charge is -2.06. The van der Waals surface area contributed by atoms with Gasteiger partial charge in [0.05, 0.1) is 11.1 Å². The molecule has 0 radical (unpaired) electrons. The number of phenolic OH excluding ortho intramolecular Hbond substituents is 2. The average molecular weight is 300 g/mol. The van der Waals surface area contributed by atoms with Crippen molar-refractivity contribution in [1.29, 1.82) is 0 Å². The number of hydrazone groups is 1. The number of rotatable bonds is 3. The van der Waals surface area contributed by atoms with Gasteiger partial charge in [-0.2, -0.15) is 5.10 Å². The van der Waals surface area contributed by atoms with Crippen molar-refractivity contribution in [1.82, 2.24) is 9.97 Å².